The summed E-state index contributed by atoms with van der Waals surface area (Å²) in [7, 11) is 0. The van der Waals surface area contributed by atoms with Crippen LogP contribution in [0.1, 0.15) is 12.1 Å². The van der Waals surface area contributed by atoms with Gasteiger partial charge >= 0.3 is 18.9 Å². The van der Waals surface area contributed by atoms with Crippen LogP contribution < -0.4 is 0 Å². The minimum absolute atomic E-state index is 0. The quantitative estimate of drug-likeness (QED) is 0.528. The van der Waals surface area contributed by atoms with Crippen LogP contribution in [0.25, 0.3) is 0 Å². The van der Waals surface area contributed by atoms with Gasteiger partial charge in [-0.3, -0.25) is 4.98 Å². The summed E-state index contributed by atoms with van der Waals surface area (Å²) in [6.07, 6.45) is -1.25. The van der Waals surface area contributed by atoms with Crippen LogP contribution in [0.5, 0.6) is 0 Å². The second kappa shape index (κ2) is 4.43. The van der Waals surface area contributed by atoms with Crippen LogP contribution in [-0.4, -0.2) is 23.8 Å². The van der Waals surface area contributed by atoms with Crippen LogP contribution in [0.4, 0.5) is 8.78 Å². The molecule has 1 heterocycles. The second-order valence-corrected chi connectivity index (χ2v) is 1.48. The van der Waals surface area contributed by atoms with E-state index in [4.69, 9.17) is 0 Å². The van der Waals surface area contributed by atoms with E-state index >= 15 is 0 Å². The van der Waals surface area contributed by atoms with Gasteiger partial charge in [0.1, 0.15) is 5.69 Å². The van der Waals surface area contributed by atoms with Crippen LogP contribution in [0.2, 0.25) is 0 Å². The van der Waals surface area contributed by atoms with Crippen molar-refractivity contribution in [1.29, 1.82) is 0 Å². The maximum atomic E-state index is 11.7. The molecule has 1 aromatic rings. The molecule has 0 aliphatic heterocycles. The van der Waals surface area contributed by atoms with E-state index in [0.717, 1.165) is 0 Å². The summed E-state index contributed by atoms with van der Waals surface area (Å²) in [4.78, 5) is 3.37. The summed E-state index contributed by atoms with van der Waals surface area (Å²) in [5, 5.41) is 0. The van der Waals surface area contributed by atoms with Gasteiger partial charge in [0.05, 0.1) is 0 Å². The first-order valence-corrected chi connectivity index (χ1v) is 2.41. The third-order valence-electron chi connectivity index (χ3n) is 0.862. The first kappa shape index (κ1) is 9.61. The van der Waals surface area contributed by atoms with E-state index in [1.165, 1.54) is 18.3 Å². The zero-order valence-electron chi connectivity index (χ0n) is 4.51. The Morgan fingerprint density at radius 2 is 2.20 bits per heavy atom. The second-order valence-electron chi connectivity index (χ2n) is 1.48. The van der Waals surface area contributed by atoms with E-state index < -0.39 is 6.43 Å². The Bertz CT molecular complexity index is 178. The third kappa shape index (κ3) is 2.47. The van der Waals surface area contributed by atoms with Gasteiger partial charge in [0.2, 0.25) is 0 Å². The number of hydrogen-bond donors (Lipinski definition) is 0. The number of pyridine rings is 1. The predicted molar refractivity (Wildman–Crippen MR) is 35.2 cm³/mol. The van der Waals surface area contributed by atoms with Crippen LogP contribution in [0.15, 0.2) is 18.3 Å². The molecule has 1 radical (unpaired) electrons. The summed E-state index contributed by atoms with van der Waals surface area (Å²) in [6.45, 7) is 0. The first-order valence-electron chi connectivity index (χ1n) is 2.41. The third-order valence-corrected chi connectivity index (χ3v) is 0.862. The summed E-state index contributed by atoms with van der Waals surface area (Å²) in [6, 6.07) is 5.20. The van der Waals surface area contributed by atoms with Crippen LogP contribution in [0.3, 0.4) is 0 Å². The molecule has 1 nitrogen and oxygen atoms in total. The normalized spacial score (nSPS) is 9.10. The molecular formula is C6H5F2LiN. The number of nitrogens with zero attached hydrogens (tertiary/aromatic N) is 1. The van der Waals surface area contributed by atoms with Gasteiger partial charge in [0.25, 0.3) is 6.43 Å². The molecule has 0 bridgehead atoms. The van der Waals surface area contributed by atoms with E-state index in [-0.39, 0.29) is 24.6 Å². The van der Waals surface area contributed by atoms with Gasteiger partial charge in [-0.15, -0.1) is 0 Å². The number of alkyl halides is 2. The SMILES string of the molecule is FC(F)c1cc[c]cn1.[LiH]. The van der Waals surface area contributed by atoms with Gasteiger partial charge in [-0.05, 0) is 6.07 Å². The van der Waals surface area contributed by atoms with E-state index in [2.05, 4.69) is 11.1 Å². The van der Waals surface area contributed by atoms with Crippen LogP contribution >= 0.6 is 0 Å². The Morgan fingerprint density at radius 3 is 2.50 bits per heavy atom. The van der Waals surface area contributed by atoms with Crippen molar-refractivity contribution in [3.8, 4) is 0 Å². The molecular weight excluding hydrogens is 131 g/mol. The summed E-state index contributed by atoms with van der Waals surface area (Å²) < 4.78 is 23.4. The molecule has 0 N–H and O–H groups in total. The van der Waals surface area contributed by atoms with Gasteiger partial charge < -0.3 is 0 Å². The molecule has 0 fully saturated rings. The fourth-order valence-electron chi connectivity index (χ4n) is 0.460. The van der Waals surface area contributed by atoms with Crippen molar-refractivity contribution in [2.75, 3.05) is 0 Å². The molecule has 0 aliphatic carbocycles. The Balaban J connectivity index is 0.000000810. The van der Waals surface area contributed by atoms with E-state index in [1.54, 1.807) is 0 Å². The predicted octanol–water partition coefficient (Wildman–Crippen LogP) is 1.17. The molecule has 1 rings (SSSR count). The maximum absolute atomic E-state index is 11.7. The van der Waals surface area contributed by atoms with Crippen molar-refractivity contribution < 1.29 is 8.78 Å². The summed E-state index contributed by atoms with van der Waals surface area (Å²) in [5.74, 6) is 0. The topological polar surface area (TPSA) is 12.9 Å². The van der Waals surface area contributed by atoms with Gasteiger partial charge in [0, 0.05) is 12.3 Å². The van der Waals surface area contributed by atoms with E-state index in [1.807, 2.05) is 0 Å². The standard InChI is InChI=1S/C6H4F2N.Li.H/c7-6(8)5-3-1-2-4-9-5;;/h1,3-4,6H;;. The molecule has 0 unspecified atom stereocenters. The fraction of sp³-hybridized carbons (Fsp3) is 0.167. The average molecular weight is 136 g/mol. The van der Waals surface area contributed by atoms with E-state index in [9.17, 15) is 8.78 Å². The van der Waals surface area contributed by atoms with Crippen molar-refractivity contribution in [2.24, 2.45) is 0 Å². The number of rotatable bonds is 1. The zero-order valence-corrected chi connectivity index (χ0v) is 4.51. The van der Waals surface area contributed by atoms with Crippen molar-refractivity contribution in [3.05, 3.63) is 30.1 Å². The van der Waals surface area contributed by atoms with E-state index in [0.29, 0.717) is 0 Å². The zero-order chi connectivity index (χ0) is 6.69. The molecule has 4 heteroatoms. The fourth-order valence-corrected chi connectivity index (χ4v) is 0.460. The molecule has 0 amide bonds. The van der Waals surface area contributed by atoms with Crippen LogP contribution in [-0.2, 0) is 0 Å². The van der Waals surface area contributed by atoms with Gasteiger partial charge in [-0.2, -0.15) is 0 Å². The number of aromatic nitrogens is 1. The summed E-state index contributed by atoms with van der Waals surface area (Å²) in [5.41, 5.74) is -0.200. The Labute approximate surface area is 69.6 Å². The molecule has 10 heavy (non-hydrogen) atoms. The van der Waals surface area contributed by atoms with Gasteiger partial charge in [-0.1, -0.05) is 6.07 Å². The van der Waals surface area contributed by atoms with Crippen molar-refractivity contribution in [2.45, 2.75) is 6.43 Å². The van der Waals surface area contributed by atoms with Gasteiger partial charge in [-0.25, -0.2) is 8.78 Å². The van der Waals surface area contributed by atoms with Crippen molar-refractivity contribution in [3.63, 3.8) is 0 Å². The molecule has 49 valence electrons. The van der Waals surface area contributed by atoms with Crippen molar-refractivity contribution in [1.82, 2.24) is 4.98 Å². The summed E-state index contributed by atoms with van der Waals surface area (Å²) >= 11 is 0. The molecule has 0 atom stereocenters. The average Bonchev–Trinajstić information content (AvgIpc) is 1.90. The molecule has 0 saturated carbocycles. The van der Waals surface area contributed by atoms with Crippen molar-refractivity contribution >= 4 is 18.9 Å². The number of halogens is 2. The monoisotopic (exact) mass is 136 g/mol. The molecule has 0 aliphatic rings. The molecule has 1 aromatic heterocycles. The Hall–Kier alpha value is -0.393. The first-order chi connectivity index (χ1) is 4.30. The Morgan fingerprint density at radius 1 is 1.50 bits per heavy atom. The van der Waals surface area contributed by atoms with Gasteiger partial charge in [0.15, 0.2) is 0 Å². The number of hydrogen-bond acceptors (Lipinski definition) is 1. The molecule has 0 aromatic carbocycles. The molecule has 0 saturated heterocycles. The minimum atomic E-state index is -2.47. The molecule has 0 spiro atoms. The van der Waals surface area contributed by atoms with Crippen LogP contribution in [0, 0.1) is 6.07 Å². The Kier molecular flexibility index (Phi) is 4.25.